The lowest BCUT2D eigenvalue weighted by Gasteiger charge is -2.29. The van der Waals surface area contributed by atoms with Crippen molar-refractivity contribution < 1.29 is 14.0 Å². The van der Waals surface area contributed by atoms with E-state index in [-0.39, 0.29) is 11.5 Å². The van der Waals surface area contributed by atoms with E-state index in [9.17, 15) is 14.0 Å². The molecule has 114 valence electrons. The first-order valence-electron chi connectivity index (χ1n) is 7.04. The molecule has 0 aromatic heterocycles. The Kier molecular flexibility index (Phi) is 5.33. The Morgan fingerprint density at radius 1 is 1.29 bits per heavy atom. The van der Waals surface area contributed by atoms with Gasteiger partial charge < -0.3 is 10.2 Å². The molecule has 21 heavy (non-hydrogen) atoms. The van der Waals surface area contributed by atoms with Crippen LogP contribution in [-0.4, -0.2) is 35.8 Å². The third kappa shape index (κ3) is 3.81. The summed E-state index contributed by atoms with van der Waals surface area (Å²) in [5.74, 6) is -1.31. The summed E-state index contributed by atoms with van der Waals surface area (Å²) in [5, 5.41) is 2.57. The van der Waals surface area contributed by atoms with Crippen molar-refractivity contribution in [2.24, 2.45) is 0 Å². The van der Waals surface area contributed by atoms with E-state index in [1.54, 1.807) is 17.9 Å². The molecule has 0 saturated carbocycles. The third-order valence-corrected chi connectivity index (χ3v) is 4.24. The molecule has 2 rings (SSSR count). The van der Waals surface area contributed by atoms with Gasteiger partial charge in [0.15, 0.2) is 0 Å². The van der Waals surface area contributed by atoms with Crippen LogP contribution in [0, 0.1) is 5.82 Å². The van der Waals surface area contributed by atoms with Crippen LogP contribution in [0.4, 0.5) is 4.39 Å². The van der Waals surface area contributed by atoms with E-state index in [0.717, 1.165) is 32.4 Å². The summed E-state index contributed by atoms with van der Waals surface area (Å²) in [7, 11) is 0. The van der Waals surface area contributed by atoms with Crippen molar-refractivity contribution in [2.75, 3.05) is 13.1 Å². The molecular weight excluding hydrogens is 339 g/mol. The van der Waals surface area contributed by atoms with Gasteiger partial charge in [-0.3, -0.25) is 9.59 Å². The molecule has 1 heterocycles. The van der Waals surface area contributed by atoms with Gasteiger partial charge in [0.05, 0.1) is 5.56 Å². The maximum atomic E-state index is 13.7. The summed E-state index contributed by atoms with van der Waals surface area (Å²) < 4.78 is 14.1. The number of likely N-dealkylation sites (tertiary alicyclic amines) is 1. The number of amides is 2. The molecule has 0 spiro atoms. The highest BCUT2D eigenvalue weighted by molar-refractivity contribution is 9.10. The number of halogens is 2. The molecule has 6 heteroatoms. The number of carbonyl (C=O) groups excluding carboxylic acids is 2. The average molecular weight is 357 g/mol. The summed E-state index contributed by atoms with van der Waals surface area (Å²) >= 11 is 3.16. The number of nitrogens with zero attached hydrogens (tertiary/aromatic N) is 1. The SMILES string of the molecule is CC(NC(=O)c1c(F)cccc1Br)C(=O)N1CCCCC1. The number of hydrogen-bond donors (Lipinski definition) is 1. The summed E-state index contributed by atoms with van der Waals surface area (Å²) in [4.78, 5) is 26.1. The molecule has 0 radical (unpaired) electrons. The van der Waals surface area contributed by atoms with Crippen molar-refractivity contribution in [1.29, 1.82) is 0 Å². The zero-order valence-corrected chi connectivity index (χ0v) is 13.5. The highest BCUT2D eigenvalue weighted by Crippen LogP contribution is 2.19. The standard InChI is InChI=1S/C15H18BrFN2O2/c1-10(15(21)19-8-3-2-4-9-19)18-14(20)13-11(16)6-5-7-12(13)17/h5-7,10H,2-4,8-9H2,1H3,(H,18,20). The predicted molar refractivity (Wildman–Crippen MR) is 81.5 cm³/mol. The monoisotopic (exact) mass is 356 g/mol. The van der Waals surface area contributed by atoms with E-state index in [4.69, 9.17) is 0 Å². The molecule has 1 aliphatic rings. The second kappa shape index (κ2) is 7.02. The molecule has 0 aliphatic carbocycles. The minimum atomic E-state index is -0.665. The first kappa shape index (κ1) is 15.9. The molecule has 2 amide bonds. The maximum absolute atomic E-state index is 13.7. The Morgan fingerprint density at radius 3 is 2.57 bits per heavy atom. The van der Waals surface area contributed by atoms with Gasteiger partial charge in [-0.2, -0.15) is 0 Å². The van der Waals surface area contributed by atoms with E-state index in [0.29, 0.717) is 4.47 Å². The number of hydrogen-bond acceptors (Lipinski definition) is 2. The lowest BCUT2D eigenvalue weighted by molar-refractivity contribution is -0.133. The first-order valence-corrected chi connectivity index (χ1v) is 7.83. The molecule has 1 aliphatic heterocycles. The summed E-state index contributed by atoms with van der Waals surface area (Å²) in [6.45, 7) is 3.08. The normalized spacial score (nSPS) is 16.4. The number of piperidine rings is 1. The number of nitrogens with one attached hydrogen (secondary N) is 1. The second-order valence-electron chi connectivity index (χ2n) is 5.18. The Bertz CT molecular complexity index is 524. The van der Waals surface area contributed by atoms with Crippen LogP contribution >= 0.6 is 15.9 Å². The van der Waals surface area contributed by atoms with Crippen LogP contribution in [0.2, 0.25) is 0 Å². The topological polar surface area (TPSA) is 49.4 Å². The fourth-order valence-corrected chi connectivity index (χ4v) is 2.96. The van der Waals surface area contributed by atoms with Crippen molar-refractivity contribution in [2.45, 2.75) is 32.2 Å². The van der Waals surface area contributed by atoms with Crippen molar-refractivity contribution >= 4 is 27.7 Å². The maximum Gasteiger partial charge on any atom is 0.256 e. The van der Waals surface area contributed by atoms with Gasteiger partial charge in [0, 0.05) is 17.6 Å². The highest BCUT2D eigenvalue weighted by Gasteiger charge is 2.25. The summed E-state index contributed by atoms with van der Waals surface area (Å²) in [5.41, 5.74) is -0.0733. The van der Waals surface area contributed by atoms with Crippen LogP contribution in [-0.2, 0) is 4.79 Å². The van der Waals surface area contributed by atoms with Gasteiger partial charge in [-0.1, -0.05) is 6.07 Å². The first-order chi connectivity index (χ1) is 10.0. The zero-order valence-electron chi connectivity index (χ0n) is 11.9. The van der Waals surface area contributed by atoms with Gasteiger partial charge >= 0.3 is 0 Å². The predicted octanol–water partition coefficient (Wildman–Crippen LogP) is 2.72. The molecule has 4 nitrogen and oxygen atoms in total. The molecule has 0 bridgehead atoms. The van der Waals surface area contributed by atoms with E-state index in [2.05, 4.69) is 21.2 Å². The third-order valence-electron chi connectivity index (χ3n) is 3.58. The molecular formula is C15H18BrFN2O2. The summed E-state index contributed by atoms with van der Waals surface area (Å²) in [6, 6.07) is 3.66. The van der Waals surface area contributed by atoms with Crippen molar-refractivity contribution in [3.63, 3.8) is 0 Å². The zero-order chi connectivity index (χ0) is 15.4. The Hall–Kier alpha value is -1.43. The molecule has 1 N–H and O–H groups in total. The van der Waals surface area contributed by atoms with E-state index >= 15 is 0 Å². The van der Waals surface area contributed by atoms with Gasteiger partial charge in [0.2, 0.25) is 5.91 Å². The fraction of sp³-hybridized carbons (Fsp3) is 0.467. The Morgan fingerprint density at radius 2 is 1.95 bits per heavy atom. The molecule has 1 aromatic carbocycles. The number of rotatable bonds is 3. The lowest BCUT2D eigenvalue weighted by atomic mass is 10.1. The van der Waals surface area contributed by atoms with Crippen LogP contribution < -0.4 is 5.32 Å². The van der Waals surface area contributed by atoms with Crippen LogP contribution in [0.25, 0.3) is 0 Å². The van der Waals surface area contributed by atoms with Crippen molar-refractivity contribution in [3.05, 3.63) is 34.1 Å². The second-order valence-corrected chi connectivity index (χ2v) is 6.03. The van der Waals surface area contributed by atoms with Crippen LogP contribution in [0.1, 0.15) is 36.5 Å². The number of carbonyl (C=O) groups is 2. The fourth-order valence-electron chi connectivity index (χ4n) is 2.43. The Labute approximate surface area is 131 Å². The quantitative estimate of drug-likeness (QED) is 0.904. The van der Waals surface area contributed by atoms with E-state index in [1.165, 1.54) is 12.1 Å². The van der Waals surface area contributed by atoms with Crippen LogP contribution in [0.15, 0.2) is 22.7 Å². The molecule has 1 fully saturated rings. The molecule has 1 atom stereocenters. The molecule has 1 aromatic rings. The lowest BCUT2D eigenvalue weighted by Crippen LogP contribution is -2.48. The Balaban J connectivity index is 2.03. The minimum Gasteiger partial charge on any atom is -0.341 e. The largest absolute Gasteiger partial charge is 0.341 e. The van der Waals surface area contributed by atoms with E-state index < -0.39 is 17.8 Å². The average Bonchev–Trinajstić information content (AvgIpc) is 2.47. The van der Waals surface area contributed by atoms with Gasteiger partial charge in [0.25, 0.3) is 5.91 Å². The highest BCUT2D eigenvalue weighted by atomic mass is 79.9. The smallest absolute Gasteiger partial charge is 0.256 e. The molecule has 1 unspecified atom stereocenters. The summed E-state index contributed by atoms with van der Waals surface area (Å²) in [6.07, 6.45) is 3.11. The van der Waals surface area contributed by atoms with Gasteiger partial charge in [-0.15, -0.1) is 0 Å². The van der Waals surface area contributed by atoms with E-state index in [1.807, 2.05) is 0 Å². The van der Waals surface area contributed by atoms with Crippen molar-refractivity contribution in [1.82, 2.24) is 10.2 Å². The van der Waals surface area contributed by atoms with Gasteiger partial charge in [-0.05, 0) is 54.2 Å². The van der Waals surface area contributed by atoms with Crippen molar-refractivity contribution in [3.8, 4) is 0 Å². The van der Waals surface area contributed by atoms with Crippen LogP contribution in [0.3, 0.4) is 0 Å². The minimum absolute atomic E-state index is 0.0733. The molecule has 1 saturated heterocycles. The number of benzene rings is 1. The van der Waals surface area contributed by atoms with Gasteiger partial charge in [-0.25, -0.2) is 4.39 Å². The van der Waals surface area contributed by atoms with Gasteiger partial charge in [0.1, 0.15) is 11.9 Å². The van der Waals surface area contributed by atoms with Crippen LogP contribution in [0.5, 0.6) is 0 Å².